The minimum atomic E-state index is -0.621. The molecule has 1 heterocycles. The van der Waals surface area contributed by atoms with Crippen molar-refractivity contribution in [3.8, 4) is 0 Å². The first-order chi connectivity index (χ1) is 9.06. The van der Waals surface area contributed by atoms with E-state index in [1.807, 2.05) is 0 Å². The molecule has 0 bridgehead atoms. The highest BCUT2D eigenvalue weighted by Gasteiger charge is 2.36. The van der Waals surface area contributed by atoms with Gasteiger partial charge in [0.1, 0.15) is 11.9 Å². The van der Waals surface area contributed by atoms with Crippen LogP contribution in [-0.2, 0) is 9.53 Å². The first-order valence-corrected chi connectivity index (χ1v) is 6.68. The Kier molecular flexibility index (Phi) is 4.19. The first-order valence-electron chi connectivity index (χ1n) is 5.89. The highest BCUT2D eigenvalue weighted by molar-refractivity contribution is 9.10. The molecule has 1 fully saturated rings. The molecule has 1 aromatic carbocycles. The monoisotopic (exact) mass is 329 g/mol. The molecule has 0 N–H and O–H groups in total. The Labute approximate surface area is 118 Å². The number of hydrogen-bond donors (Lipinski definition) is 0. The molecular weight excluding hydrogens is 317 g/mol. The maximum Gasteiger partial charge on any atom is 0.328 e. The Morgan fingerprint density at radius 3 is 2.84 bits per heavy atom. The Bertz CT molecular complexity index is 500. The standard InChI is InChI=1S/C13H13BrFNO3/c1-19-13(18)10-6-3-7-16(10)12(17)11-8(14)4-2-5-9(11)15/h2,4-5,10H,3,6-7H2,1H3. The van der Waals surface area contributed by atoms with Gasteiger partial charge in [0.15, 0.2) is 0 Å². The third-order valence-corrected chi connectivity index (χ3v) is 3.82. The van der Waals surface area contributed by atoms with Crippen molar-refractivity contribution in [1.29, 1.82) is 0 Å². The summed E-state index contributed by atoms with van der Waals surface area (Å²) in [6.45, 7) is 0.430. The number of rotatable bonds is 2. The van der Waals surface area contributed by atoms with Gasteiger partial charge in [-0.05, 0) is 40.9 Å². The molecule has 19 heavy (non-hydrogen) atoms. The van der Waals surface area contributed by atoms with Crippen molar-refractivity contribution in [3.05, 3.63) is 34.1 Å². The topological polar surface area (TPSA) is 46.6 Å². The van der Waals surface area contributed by atoms with Gasteiger partial charge in [-0.25, -0.2) is 9.18 Å². The predicted octanol–water partition coefficient (Wildman–Crippen LogP) is 2.37. The lowest BCUT2D eigenvalue weighted by atomic mass is 10.1. The normalized spacial score (nSPS) is 18.5. The fraction of sp³-hybridized carbons (Fsp3) is 0.385. The molecule has 1 saturated heterocycles. The number of likely N-dealkylation sites (tertiary alicyclic amines) is 1. The van der Waals surface area contributed by atoms with Gasteiger partial charge in [-0.2, -0.15) is 0 Å². The van der Waals surface area contributed by atoms with E-state index in [2.05, 4.69) is 20.7 Å². The SMILES string of the molecule is COC(=O)C1CCCN1C(=O)c1c(F)cccc1Br. The van der Waals surface area contributed by atoms with E-state index in [1.165, 1.54) is 24.1 Å². The second-order valence-electron chi connectivity index (χ2n) is 4.28. The number of amides is 1. The molecule has 1 aromatic rings. The van der Waals surface area contributed by atoms with Crippen molar-refractivity contribution in [2.75, 3.05) is 13.7 Å². The molecular formula is C13H13BrFNO3. The number of nitrogens with zero attached hydrogens (tertiary/aromatic N) is 1. The number of carbonyl (C=O) groups is 2. The summed E-state index contributed by atoms with van der Waals surface area (Å²) in [6.07, 6.45) is 1.25. The van der Waals surface area contributed by atoms with Gasteiger partial charge < -0.3 is 9.64 Å². The Morgan fingerprint density at radius 2 is 2.21 bits per heavy atom. The van der Waals surface area contributed by atoms with Crippen LogP contribution >= 0.6 is 15.9 Å². The van der Waals surface area contributed by atoms with Crippen LogP contribution < -0.4 is 0 Å². The van der Waals surface area contributed by atoms with Crippen molar-refractivity contribution in [3.63, 3.8) is 0 Å². The molecule has 0 saturated carbocycles. The molecule has 1 aliphatic rings. The average molecular weight is 330 g/mol. The van der Waals surface area contributed by atoms with E-state index in [4.69, 9.17) is 0 Å². The maximum absolute atomic E-state index is 13.8. The Hall–Kier alpha value is -1.43. The zero-order valence-electron chi connectivity index (χ0n) is 10.4. The maximum atomic E-state index is 13.8. The van der Waals surface area contributed by atoms with Gasteiger partial charge in [-0.3, -0.25) is 4.79 Å². The largest absolute Gasteiger partial charge is 0.467 e. The average Bonchev–Trinajstić information content (AvgIpc) is 2.86. The molecule has 0 spiro atoms. The third-order valence-electron chi connectivity index (χ3n) is 3.16. The zero-order valence-corrected chi connectivity index (χ0v) is 11.9. The summed E-state index contributed by atoms with van der Waals surface area (Å²) in [5.74, 6) is -1.55. The molecule has 2 rings (SSSR count). The molecule has 0 aromatic heterocycles. The van der Waals surface area contributed by atoms with Crippen LogP contribution in [0.5, 0.6) is 0 Å². The number of ether oxygens (including phenoxy) is 1. The van der Waals surface area contributed by atoms with Crippen LogP contribution in [0, 0.1) is 5.82 Å². The second-order valence-corrected chi connectivity index (χ2v) is 5.13. The van der Waals surface area contributed by atoms with Crippen LogP contribution in [0.4, 0.5) is 4.39 Å². The van der Waals surface area contributed by atoms with Gasteiger partial charge >= 0.3 is 5.97 Å². The number of carbonyl (C=O) groups excluding carboxylic acids is 2. The first kappa shape index (κ1) is 14.0. The number of methoxy groups -OCH3 is 1. The van der Waals surface area contributed by atoms with E-state index < -0.39 is 23.7 Å². The van der Waals surface area contributed by atoms with Gasteiger partial charge in [0, 0.05) is 11.0 Å². The van der Waals surface area contributed by atoms with Crippen LogP contribution in [0.1, 0.15) is 23.2 Å². The summed E-state index contributed by atoms with van der Waals surface area (Å²) in [5.41, 5.74) is -0.0432. The van der Waals surface area contributed by atoms with Gasteiger partial charge in [0.25, 0.3) is 5.91 Å². The van der Waals surface area contributed by atoms with Crippen molar-refractivity contribution in [2.24, 2.45) is 0 Å². The van der Waals surface area contributed by atoms with Gasteiger partial charge in [-0.15, -0.1) is 0 Å². The summed E-state index contributed by atoms with van der Waals surface area (Å²) in [7, 11) is 1.28. The Morgan fingerprint density at radius 1 is 1.47 bits per heavy atom. The molecule has 0 aliphatic carbocycles. The number of benzene rings is 1. The van der Waals surface area contributed by atoms with Crippen LogP contribution in [0.25, 0.3) is 0 Å². The van der Waals surface area contributed by atoms with E-state index >= 15 is 0 Å². The lowest BCUT2D eigenvalue weighted by Gasteiger charge is -2.23. The summed E-state index contributed by atoms with van der Waals surface area (Å²) in [4.78, 5) is 25.3. The number of esters is 1. The van der Waals surface area contributed by atoms with Gasteiger partial charge in [0.2, 0.25) is 0 Å². The fourth-order valence-electron chi connectivity index (χ4n) is 2.24. The third kappa shape index (κ3) is 2.63. The molecule has 1 aliphatic heterocycles. The number of halogens is 2. The fourth-order valence-corrected chi connectivity index (χ4v) is 2.75. The van der Waals surface area contributed by atoms with Crippen molar-refractivity contribution in [2.45, 2.75) is 18.9 Å². The summed E-state index contributed by atoms with van der Waals surface area (Å²) >= 11 is 3.17. The minimum Gasteiger partial charge on any atom is -0.467 e. The molecule has 1 amide bonds. The molecule has 4 nitrogen and oxygen atoms in total. The van der Waals surface area contributed by atoms with Gasteiger partial charge in [0.05, 0.1) is 12.7 Å². The molecule has 102 valence electrons. The number of hydrogen-bond acceptors (Lipinski definition) is 3. The van der Waals surface area contributed by atoms with Crippen molar-refractivity contribution >= 4 is 27.8 Å². The van der Waals surface area contributed by atoms with E-state index in [1.54, 1.807) is 6.07 Å². The summed E-state index contributed by atoms with van der Waals surface area (Å²) in [6, 6.07) is 3.71. The lowest BCUT2D eigenvalue weighted by Crippen LogP contribution is -2.41. The van der Waals surface area contributed by atoms with Crippen molar-refractivity contribution in [1.82, 2.24) is 4.90 Å². The van der Waals surface area contributed by atoms with E-state index in [0.29, 0.717) is 23.9 Å². The molecule has 6 heteroatoms. The predicted molar refractivity (Wildman–Crippen MR) is 70.2 cm³/mol. The quantitative estimate of drug-likeness (QED) is 0.782. The molecule has 1 atom stereocenters. The lowest BCUT2D eigenvalue weighted by molar-refractivity contribution is -0.145. The van der Waals surface area contributed by atoms with Crippen LogP contribution in [0.2, 0.25) is 0 Å². The van der Waals surface area contributed by atoms with E-state index in [0.717, 1.165) is 0 Å². The van der Waals surface area contributed by atoms with Crippen molar-refractivity contribution < 1.29 is 18.7 Å². The van der Waals surface area contributed by atoms with E-state index in [9.17, 15) is 14.0 Å². The smallest absolute Gasteiger partial charge is 0.328 e. The minimum absolute atomic E-state index is 0.0432. The zero-order chi connectivity index (χ0) is 14.0. The summed E-state index contributed by atoms with van der Waals surface area (Å²) in [5, 5.41) is 0. The van der Waals surface area contributed by atoms with Crippen LogP contribution in [0.3, 0.4) is 0 Å². The molecule has 0 radical (unpaired) electrons. The second kappa shape index (κ2) is 5.69. The highest BCUT2D eigenvalue weighted by Crippen LogP contribution is 2.26. The highest BCUT2D eigenvalue weighted by atomic mass is 79.9. The summed E-state index contributed by atoms with van der Waals surface area (Å²) < 4.78 is 18.8. The van der Waals surface area contributed by atoms with Gasteiger partial charge in [-0.1, -0.05) is 6.07 Å². The Balaban J connectivity index is 2.31. The molecule has 1 unspecified atom stereocenters. The van der Waals surface area contributed by atoms with Crippen LogP contribution in [0.15, 0.2) is 22.7 Å². The van der Waals surface area contributed by atoms with E-state index in [-0.39, 0.29) is 5.56 Å². The van der Waals surface area contributed by atoms with Crippen LogP contribution in [-0.4, -0.2) is 36.5 Å².